The van der Waals surface area contributed by atoms with Crippen LogP contribution in [0.3, 0.4) is 0 Å². The van der Waals surface area contributed by atoms with Gasteiger partial charge >= 0.3 is 0 Å². The number of nitrogen functional groups attached to an aromatic ring is 1. The fourth-order valence-corrected chi connectivity index (χ4v) is 1.10. The van der Waals surface area contributed by atoms with Crippen molar-refractivity contribution in [3.8, 4) is 0 Å². The lowest BCUT2D eigenvalue weighted by Gasteiger charge is -2.05. The van der Waals surface area contributed by atoms with E-state index in [4.69, 9.17) is 11.5 Å². The molecule has 80 valence electrons. The highest BCUT2D eigenvalue weighted by Crippen LogP contribution is 2.09. The molecular weight excluding hydrogens is 194 g/mol. The van der Waals surface area contributed by atoms with Crippen LogP contribution in [0.2, 0.25) is 0 Å². The van der Waals surface area contributed by atoms with Gasteiger partial charge in [0.25, 0.3) is 5.91 Å². The fourth-order valence-electron chi connectivity index (χ4n) is 1.10. The largest absolute Gasteiger partial charge is 0.398 e. The zero-order chi connectivity index (χ0) is 11.3. The van der Waals surface area contributed by atoms with Gasteiger partial charge in [0, 0.05) is 18.7 Å². The van der Waals surface area contributed by atoms with Gasteiger partial charge in [-0.1, -0.05) is 12.1 Å². The van der Waals surface area contributed by atoms with Crippen molar-refractivity contribution >= 4 is 17.5 Å². The Morgan fingerprint density at radius 3 is 2.53 bits per heavy atom. The molecule has 5 N–H and O–H groups in total. The van der Waals surface area contributed by atoms with Gasteiger partial charge in [-0.3, -0.25) is 9.59 Å². The van der Waals surface area contributed by atoms with Crippen LogP contribution in [0.4, 0.5) is 5.69 Å². The average molecular weight is 207 g/mol. The van der Waals surface area contributed by atoms with Gasteiger partial charge in [-0.2, -0.15) is 0 Å². The van der Waals surface area contributed by atoms with Gasteiger partial charge in [0.05, 0.1) is 5.56 Å². The summed E-state index contributed by atoms with van der Waals surface area (Å²) < 4.78 is 0. The van der Waals surface area contributed by atoms with E-state index in [-0.39, 0.29) is 18.9 Å². The van der Waals surface area contributed by atoms with Crippen LogP contribution in [0.5, 0.6) is 0 Å². The first-order valence-electron chi connectivity index (χ1n) is 4.52. The smallest absolute Gasteiger partial charge is 0.253 e. The monoisotopic (exact) mass is 207 g/mol. The minimum atomic E-state index is -0.448. The van der Waals surface area contributed by atoms with E-state index < -0.39 is 5.91 Å². The van der Waals surface area contributed by atoms with E-state index in [2.05, 4.69) is 5.32 Å². The van der Waals surface area contributed by atoms with Crippen LogP contribution in [0.15, 0.2) is 24.3 Å². The van der Waals surface area contributed by atoms with Gasteiger partial charge in [0.15, 0.2) is 0 Å². The quantitative estimate of drug-likeness (QED) is 0.600. The molecule has 5 heteroatoms. The predicted molar refractivity (Wildman–Crippen MR) is 57.0 cm³/mol. The van der Waals surface area contributed by atoms with E-state index in [9.17, 15) is 9.59 Å². The molecule has 0 unspecified atom stereocenters. The number of hydrogen-bond acceptors (Lipinski definition) is 3. The molecule has 0 saturated carbocycles. The Kier molecular flexibility index (Phi) is 3.68. The first-order chi connectivity index (χ1) is 7.11. The van der Waals surface area contributed by atoms with Gasteiger partial charge in [-0.25, -0.2) is 0 Å². The number of anilines is 1. The van der Waals surface area contributed by atoms with Crippen LogP contribution < -0.4 is 16.8 Å². The molecule has 0 aliphatic rings. The third-order valence-corrected chi connectivity index (χ3v) is 1.86. The lowest BCUT2D eigenvalue weighted by Crippen LogP contribution is -2.28. The number of nitrogens with one attached hydrogen (secondary N) is 1. The fraction of sp³-hybridized carbons (Fsp3) is 0.200. The average Bonchev–Trinajstić information content (AvgIpc) is 2.17. The summed E-state index contributed by atoms with van der Waals surface area (Å²) in [5.41, 5.74) is 11.3. The molecule has 0 heterocycles. The van der Waals surface area contributed by atoms with Gasteiger partial charge in [0.1, 0.15) is 0 Å². The molecule has 0 saturated heterocycles. The maximum atomic E-state index is 11.5. The van der Waals surface area contributed by atoms with Crippen LogP contribution in [0.1, 0.15) is 16.8 Å². The maximum absolute atomic E-state index is 11.5. The van der Waals surface area contributed by atoms with E-state index in [0.29, 0.717) is 11.3 Å². The molecule has 15 heavy (non-hydrogen) atoms. The Labute approximate surface area is 87.4 Å². The summed E-state index contributed by atoms with van der Waals surface area (Å²) >= 11 is 0. The standard InChI is InChI=1S/C10H13N3O2/c11-8-4-2-1-3-7(8)10(15)13-6-5-9(12)14/h1-4H,5-6,11H2,(H2,12,14)(H,13,15). The number of hydrogen-bond donors (Lipinski definition) is 3. The van der Waals surface area contributed by atoms with Crippen molar-refractivity contribution in [3.05, 3.63) is 29.8 Å². The number of nitrogens with two attached hydrogens (primary N) is 2. The molecule has 0 bridgehead atoms. The highest BCUT2D eigenvalue weighted by Gasteiger charge is 2.07. The minimum Gasteiger partial charge on any atom is -0.398 e. The summed E-state index contributed by atoms with van der Waals surface area (Å²) in [6, 6.07) is 6.73. The van der Waals surface area contributed by atoms with E-state index in [1.165, 1.54) is 0 Å². The first-order valence-corrected chi connectivity index (χ1v) is 4.52. The van der Waals surface area contributed by atoms with Crippen molar-refractivity contribution in [1.82, 2.24) is 5.32 Å². The maximum Gasteiger partial charge on any atom is 0.253 e. The van der Waals surface area contributed by atoms with E-state index in [1.807, 2.05) is 0 Å². The van der Waals surface area contributed by atoms with Crippen molar-refractivity contribution in [2.24, 2.45) is 5.73 Å². The first kappa shape index (κ1) is 11.0. The zero-order valence-corrected chi connectivity index (χ0v) is 8.19. The zero-order valence-electron chi connectivity index (χ0n) is 8.19. The van der Waals surface area contributed by atoms with Gasteiger partial charge in [-0.05, 0) is 12.1 Å². The summed E-state index contributed by atoms with van der Waals surface area (Å²) in [5.74, 6) is -0.745. The predicted octanol–water partition coefficient (Wildman–Crippen LogP) is -0.126. The highest BCUT2D eigenvalue weighted by molar-refractivity contribution is 5.99. The molecule has 2 amide bonds. The van der Waals surface area contributed by atoms with Crippen LogP contribution in [0.25, 0.3) is 0 Å². The summed E-state index contributed by atoms with van der Waals surface area (Å²) in [5, 5.41) is 2.55. The Bertz CT molecular complexity index is 377. The Morgan fingerprint density at radius 2 is 1.93 bits per heavy atom. The SMILES string of the molecule is NC(=O)CCNC(=O)c1ccccc1N. The normalized spacial score (nSPS) is 9.60. The third-order valence-electron chi connectivity index (χ3n) is 1.86. The lowest BCUT2D eigenvalue weighted by atomic mass is 10.1. The van der Waals surface area contributed by atoms with Crippen LogP contribution in [0, 0.1) is 0 Å². The molecule has 0 spiro atoms. The van der Waals surface area contributed by atoms with Gasteiger partial charge in [-0.15, -0.1) is 0 Å². The second kappa shape index (κ2) is 4.99. The molecule has 0 aliphatic carbocycles. The molecule has 1 aromatic rings. The van der Waals surface area contributed by atoms with E-state index >= 15 is 0 Å². The number of carbonyl (C=O) groups excluding carboxylic acids is 2. The highest BCUT2D eigenvalue weighted by atomic mass is 16.2. The Hall–Kier alpha value is -2.04. The molecule has 0 fully saturated rings. The number of benzene rings is 1. The van der Waals surface area contributed by atoms with E-state index in [1.54, 1.807) is 24.3 Å². The van der Waals surface area contributed by atoms with Crippen molar-refractivity contribution in [1.29, 1.82) is 0 Å². The van der Waals surface area contributed by atoms with Gasteiger partial charge < -0.3 is 16.8 Å². The molecule has 0 aliphatic heterocycles. The van der Waals surface area contributed by atoms with Crippen LogP contribution in [-0.2, 0) is 4.79 Å². The molecule has 1 rings (SSSR count). The summed E-state index contributed by atoms with van der Waals surface area (Å²) in [4.78, 5) is 21.9. The van der Waals surface area contributed by atoms with Crippen molar-refractivity contribution in [2.45, 2.75) is 6.42 Å². The number of amides is 2. The van der Waals surface area contributed by atoms with Crippen molar-refractivity contribution in [3.63, 3.8) is 0 Å². The number of rotatable bonds is 4. The Balaban J connectivity index is 2.54. The molecule has 0 aromatic heterocycles. The lowest BCUT2D eigenvalue weighted by molar-refractivity contribution is -0.117. The van der Waals surface area contributed by atoms with Gasteiger partial charge in [0.2, 0.25) is 5.91 Å². The molecule has 0 radical (unpaired) electrons. The summed E-state index contributed by atoms with van der Waals surface area (Å²) in [7, 11) is 0. The second-order valence-electron chi connectivity index (χ2n) is 3.06. The molecule has 0 atom stereocenters. The number of para-hydroxylation sites is 1. The Morgan fingerprint density at radius 1 is 1.27 bits per heavy atom. The third kappa shape index (κ3) is 3.30. The summed E-state index contributed by atoms with van der Waals surface area (Å²) in [6.07, 6.45) is 0.123. The van der Waals surface area contributed by atoms with E-state index in [0.717, 1.165) is 0 Å². The van der Waals surface area contributed by atoms with Crippen molar-refractivity contribution in [2.75, 3.05) is 12.3 Å². The van der Waals surface area contributed by atoms with Crippen LogP contribution >= 0.6 is 0 Å². The van der Waals surface area contributed by atoms with Crippen LogP contribution in [-0.4, -0.2) is 18.4 Å². The molecular formula is C10H13N3O2. The number of carbonyl (C=O) groups is 2. The second-order valence-corrected chi connectivity index (χ2v) is 3.06. The summed E-state index contributed by atoms with van der Waals surface area (Å²) in [6.45, 7) is 0.225. The minimum absolute atomic E-state index is 0.123. The molecule has 1 aromatic carbocycles. The number of primary amides is 1. The topological polar surface area (TPSA) is 98.2 Å². The molecule has 5 nitrogen and oxygen atoms in total. The van der Waals surface area contributed by atoms with Crippen molar-refractivity contribution < 1.29 is 9.59 Å².